The number of nitro benzene ring substituents is 1. The Bertz CT molecular complexity index is 746. The zero-order valence-electron chi connectivity index (χ0n) is 12.9. The first kappa shape index (κ1) is 14.9. The molecule has 2 bridgehead atoms. The van der Waals surface area contributed by atoms with Crippen LogP contribution in [-0.4, -0.2) is 30.0 Å². The van der Waals surface area contributed by atoms with Crippen LogP contribution in [0.15, 0.2) is 18.2 Å². The minimum Gasteiger partial charge on any atom is -0.497 e. The van der Waals surface area contributed by atoms with Crippen molar-refractivity contribution >= 4 is 23.3 Å². The summed E-state index contributed by atoms with van der Waals surface area (Å²) in [5.41, 5.74) is -0.130. The van der Waals surface area contributed by atoms with Crippen molar-refractivity contribution in [2.75, 3.05) is 12.4 Å². The Balaban J connectivity index is 1.61. The van der Waals surface area contributed by atoms with Gasteiger partial charge in [0.15, 0.2) is 0 Å². The average molecular weight is 332 g/mol. The molecule has 24 heavy (non-hydrogen) atoms. The van der Waals surface area contributed by atoms with Gasteiger partial charge in [0.25, 0.3) is 5.69 Å². The van der Waals surface area contributed by atoms with Gasteiger partial charge >= 0.3 is 5.97 Å². The van der Waals surface area contributed by atoms with E-state index in [1.54, 1.807) is 0 Å². The van der Waals surface area contributed by atoms with Crippen molar-refractivity contribution in [2.24, 2.45) is 23.7 Å². The third kappa shape index (κ3) is 2.05. The summed E-state index contributed by atoms with van der Waals surface area (Å²) < 4.78 is 10.4. The lowest BCUT2D eigenvalue weighted by molar-refractivity contribution is -0.384. The maximum Gasteiger partial charge on any atom is 0.310 e. The number of nitro groups is 1. The van der Waals surface area contributed by atoms with Gasteiger partial charge in [0.05, 0.1) is 23.9 Å². The number of carbonyl (C=O) groups excluding carboxylic acids is 2. The molecule has 8 heteroatoms. The Morgan fingerprint density at radius 1 is 1.42 bits per heavy atom. The number of hydrogen-bond donors (Lipinski definition) is 1. The minimum atomic E-state index is -0.560. The Kier molecular flexibility index (Phi) is 3.22. The molecular formula is C16H16N2O6. The fourth-order valence-corrected chi connectivity index (χ4v) is 4.48. The molecule has 1 amide bonds. The molecule has 126 valence electrons. The van der Waals surface area contributed by atoms with E-state index in [9.17, 15) is 19.7 Å². The third-order valence-corrected chi connectivity index (χ3v) is 5.44. The van der Waals surface area contributed by atoms with Crippen LogP contribution in [0.1, 0.15) is 12.8 Å². The van der Waals surface area contributed by atoms with E-state index in [0.29, 0.717) is 12.2 Å². The van der Waals surface area contributed by atoms with Crippen LogP contribution in [0.5, 0.6) is 5.75 Å². The van der Waals surface area contributed by atoms with E-state index in [4.69, 9.17) is 9.47 Å². The molecule has 4 rings (SSSR count). The quantitative estimate of drug-likeness (QED) is 0.511. The number of nitrogens with zero attached hydrogens (tertiary/aromatic N) is 1. The summed E-state index contributed by atoms with van der Waals surface area (Å²) in [6.07, 6.45) is 1.45. The molecule has 1 heterocycles. The van der Waals surface area contributed by atoms with Crippen molar-refractivity contribution < 1.29 is 24.0 Å². The van der Waals surface area contributed by atoms with Gasteiger partial charge in [-0.3, -0.25) is 19.7 Å². The fourth-order valence-electron chi connectivity index (χ4n) is 4.48. The highest BCUT2D eigenvalue weighted by Crippen LogP contribution is 2.57. The van der Waals surface area contributed by atoms with Gasteiger partial charge in [-0.1, -0.05) is 0 Å². The molecule has 8 nitrogen and oxygen atoms in total. The molecular weight excluding hydrogens is 316 g/mol. The number of ether oxygens (including phenoxy) is 2. The second kappa shape index (κ2) is 5.19. The van der Waals surface area contributed by atoms with Crippen LogP contribution in [0, 0.1) is 33.8 Å². The Hall–Kier alpha value is -2.64. The Morgan fingerprint density at radius 2 is 2.21 bits per heavy atom. The van der Waals surface area contributed by atoms with Crippen molar-refractivity contribution in [1.29, 1.82) is 0 Å². The summed E-state index contributed by atoms with van der Waals surface area (Å²) in [7, 11) is 1.44. The van der Waals surface area contributed by atoms with E-state index in [0.717, 1.165) is 6.42 Å². The molecule has 1 saturated heterocycles. The second-order valence-electron chi connectivity index (χ2n) is 6.55. The highest BCUT2D eigenvalue weighted by molar-refractivity contribution is 5.98. The first-order valence-electron chi connectivity index (χ1n) is 7.83. The molecule has 1 aliphatic heterocycles. The SMILES string of the molecule is COc1ccc([N+](=O)[O-])c(NC(=O)[C@H]2[C@H]3C[C@H]4[C@H]2C(=O)O[C@H]4C3)c1. The van der Waals surface area contributed by atoms with E-state index < -0.39 is 16.8 Å². The second-order valence-corrected chi connectivity index (χ2v) is 6.55. The lowest BCUT2D eigenvalue weighted by Gasteiger charge is -2.23. The molecule has 0 unspecified atom stereocenters. The smallest absolute Gasteiger partial charge is 0.310 e. The van der Waals surface area contributed by atoms with Crippen LogP contribution in [-0.2, 0) is 14.3 Å². The molecule has 3 fully saturated rings. The van der Waals surface area contributed by atoms with Crippen LogP contribution in [0.25, 0.3) is 0 Å². The van der Waals surface area contributed by atoms with Crippen LogP contribution in [0.3, 0.4) is 0 Å². The number of esters is 1. The summed E-state index contributed by atoms with van der Waals surface area (Å²) >= 11 is 0. The molecule has 5 atom stereocenters. The maximum atomic E-state index is 12.7. The van der Waals surface area contributed by atoms with E-state index in [1.807, 2.05) is 0 Å². The minimum absolute atomic E-state index is 0.0531. The Labute approximate surface area is 137 Å². The van der Waals surface area contributed by atoms with Gasteiger partial charge in [-0.05, 0) is 24.8 Å². The van der Waals surface area contributed by atoms with Crippen LogP contribution in [0.4, 0.5) is 11.4 Å². The third-order valence-electron chi connectivity index (χ3n) is 5.44. The number of rotatable bonds is 4. The number of anilines is 1. The van der Waals surface area contributed by atoms with Gasteiger partial charge in [-0.15, -0.1) is 0 Å². The number of methoxy groups -OCH3 is 1. The standard InChI is InChI=1S/C16H16N2O6/c1-23-8-2-3-11(18(21)22)10(6-8)17-15(19)13-7-4-9-12(5-7)24-16(20)14(9)13/h2-3,6-7,9,12-14H,4-5H2,1H3,(H,17,19)/t7-,9+,12-,13-,14+/m0/s1. The lowest BCUT2D eigenvalue weighted by Crippen LogP contribution is -2.36. The fraction of sp³-hybridized carbons (Fsp3) is 0.500. The van der Waals surface area contributed by atoms with Crippen molar-refractivity contribution in [3.8, 4) is 5.75 Å². The highest BCUT2D eigenvalue weighted by Gasteiger charge is 2.63. The number of fused-ring (bicyclic) bond motifs is 1. The normalized spacial score (nSPS) is 32.5. The van der Waals surface area contributed by atoms with Gasteiger partial charge < -0.3 is 14.8 Å². The Morgan fingerprint density at radius 3 is 2.92 bits per heavy atom. The zero-order valence-corrected chi connectivity index (χ0v) is 12.9. The lowest BCUT2D eigenvalue weighted by atomic mass is 9.79. The van der Waals surface area contributed by atoms with Crippen molar-refractivity contribution in [3.05, 3.63) is 28.3 Å². The van der Waals surface area contributed by atoms with Gasteiger partial charge in [-0.25, -0.2) is 0 Å². The predicted octanol–water partition coefficient (Wildman–Crippen LogP) is 1.74. The molecule has 0 radical (unpaired) electrons. The molecule has 3 aliphatic rings. The largest absolute Gasteiger partial charge is 0.497 e. The summed E-state index contributed by atoms with van der Waals surface area (Å²) in [5, 5.41) is 13.8. The summed E-state index contributed by atoms with van der Waals surface area (Å²) in [4.78, 5) is 35.3. The predicted molar refractivity (Wildman–Crippen MR) is 81.4 cm³/mol. The first-order valence-corrected chi connectivity index (χ1v) is 7.83. The molecule has 1 N–H and O–H groups in total. The molecule has 1 aromatic carbocycles. The van der Waals surface area contributed by atoms with Crippen LogP contribution < -0.4 is 10.1 Å². The van der Waals surface area contributed by atoms with Crippen LogP contribution >= 0.6 is 0 Å². The van der Waals surface area contributed by atoms with E-state index in [1.165, 1.54) is 25.3 Å². The molecule has 2 aliphatic carbocycles. The van der Waals surface area contributed by atoms with Gasteiger partial charge in [0.2, 0.25) is 5.91 Å². The summed E-state index contributed by atoms with van der Waals surface area (Å²) in [6, 6.07) is 4.17. The van der Waals surface area contributed by atoms with Crippen molar-refractivity contribution in [1.82, 2.24) is 0 Å². The molecule has 0 aromatic heterocycles. The van der Waals surface area contributed by atoms with Gasteiger partial charge in [0.1, 0.15) is 17.5 Å². The van der Waals surface area contributed by atoms with Crippen molar-refractivity contribution in [3.63, 3.8) is 0 Å². The van der Waals surface area contributed by atoms with E-state index in [2.05, 4.69) is 5.32 Å². The van der Waals surface area contributed by atoms with E-state index >= 15 is 0 Å². The topological polar surface area (TPSA) is 108 Å². The van der Waals surface area contributed by atoms with Crippen molar-refractivity contribution in [2.45, 2.75) is 18.9 Å². The number of carbonyl (C=O) groups is 2. The molecule has 2 saturated carbocycles. The number of hydrogen-bond acceptors (Lipinski definition) is 6. The van der Waals surface area contributed by atoms with E-state index in [-0.39, 0.29) is 41.2 Å². The summed E-state index contributed by atoms with van der Waals surface area (Å²) in [5.74, 6) is -0.958. The first-order chi connectivity index (χ1) is 11.5. The highest BCUT2D eigenvalue weighted by atomic mass is 16.6. The maximum absolute atomic E-state index is 12.7. The average Bonchev–Trinajstić information content (AvgIpc) is 3.16. The molecule has 0 spiro atoms. The summed E-state index contributed by atoms with van der Waals surface area (Å²) in [6.45, 7) is 0. The monoisotopic (exact) mass is 332 g/mol. The number of nitrogens with one attached hydrogen (secondary N) is 1. The molecule has 1 aromatic rings. The number of amides is 1. The van der Waals surface area contributed by atoms with Crippen LogP contribution in [0.2, 0.25) is 0 Å². The van der Waals surface area contributed by atoms with Gasteiger partial charge in [0, 0.05) is 18.1 Å². The van der Waals surface area contributed by atoms with Gasteiger partial charge in [-0.2, -0.15) is 0 Å². The zero-order chi connectivity index (χ0) is 17.0. The number of benzene rings is 1.